The Morgan fingerprint density at radius 1 is 1.33 bits per heavy atom. The molecule has 0 N–H and O–H groups in total. The smallest absolute Gasteiger partial charge is 0.222 e. The minimum absolute atomic E-state index is 0.0580. The highest BCUT2D eigenvalue weighted by molar-refractivity contribution is 6.74. The lowest BCUT2D eigenvalue weighted by molar-refractivity contribution is -0.135. The number of aldehydes is 1. The van der Waals surface area contributed by atoms with Crippen molar-refractivity contribution in [2.24, 2.45) is 0 Å². The lowest BCUT2D eigenvalue weighted by Gasteiger charge is -2.38. The third-order valence-corrected chi connectivity index (χ3v) is 8.91. The third kappa shape index (κ3) is 5.52. The molecule has 6 heteroatoms. The molecule has 0 saturated carbocycles. The van der Waals surface area contributed by atoms with Crippen molar-refractivity contribution in [2.45, 2.75) is 57.8 Å². The number of carbonyl (C=O) groups is 2. The number of hydrogen-bond donors (Lipinski definition) is 0. The Labute approximate surface area is 129 Å². The van der Waals surface area contributed by atoms with E-state index in [4.69, 9.17) is 9.16 Å². The molecule has 1 saturated heterocycles. The predicted octanol–water partition coefficient (Wildman–Crippen LogP) is 2.21. The second kappa shape index (κ2) is 7.51. The highest BCUT2D eigenvalue weighted by Crippen LogP contribution is 2.37. The van der Waals surface area contributed by atoms with Crippen LogP contribution in [0.1, 0.15) is 33.6 Å². The summed E-state index contributed by atoms with van der Waals surface area (Å²) in [6.07, 6.45) is 1.19. The maximum Gasteiger partial charge on any atom is 0.222 e. The van der Waals surface area contributed by atoms with Crippen LogP contribution in [0.2, 0.25) is 18.1 Å². The zero-order valence-corrected chi connectivity index (χ0v) is 15.0. The van der Waals surface area contributed by atoms with E-state index in [0.29, 0.717) is 39.1 Å². The fraction of sp³-hybridized carbons (Fsp3) is 0.867. The standard InChI is InChI=1S/C15H29NO4Si/c1-15(2,3)21(4,5)20-13(12-17)6-7-14(18)16-8-10-19-11-9-16/h12-13H,6-11H2,1-5H3/t13-/m0/s1. The average Bonchev–Trinajstić information content (AvgIpc) is 2.42. The summed E-state index contributed by atoms with van der Waals surface area (Å²) >= 11 is 0. The maximum atomic E-state index is 12.1. The van der Waals surface area contributed by atoms with Crippen molar-refractivity contribution >= 4 is 20.5 Å². The molecule has 0 aromatic heterocycles. The van der Waals surface area contributed by atoms with Crippen molar-refractivity contribution < 1.29 is 18.8 Å². The molecular weight excluding hydrogens is 286 g/mol. The second-order valence-corrected chi connectivity index (χ2v) is 11.8. The normalized spacial score (nSPS) is 18.4. The van der Waals surface area contributed by atoms with Gasteiger partial charge < -0.3 is 18.9 Å². The topological polar surface area (TPSA) is 55.8 Å². The van der Waals surface area contributed by atoms with Gasteiger partial charge in [0.15, 0.2) is 8.32 Å². The predicted molar refractivity (Wildman–Crippen MR) is 84.8 cm³/mol. The number of ether oxygens (including phenoxy) is 1. The highest BCUT2D eigenvalue weighted by Gasteiger charge is 2.39. The number of rotatable bonds is 6. The lowest BCUT2D eigenvalue weighted by atomic mass is 10.2. The third-order valence-electron chi connectivity index (χ3n) is 4.41. The van der Waals surface area contributed by atoms with Gasteiger partial charge in [-0.25, -0.2) is 0 Å². The van der Waals surface area contributed by atoms with E-state index in [1.54, 1.807) is 4.90 Å². The highest BCUT2D eigenvalue weighted by atomic mass is 28.4. The Hall–Kier alpha value is -0.723. The van der Waals surface area contributed by atoms with Gasteiger partial charge in [0, 0.05) is 19.5 Å². The molecule has 0 aliphatic carbocycles. The van der Waals surface area contributed by atoms with Crippen LogP contribution >= 0.6 is 0 Å². The van der Waals surface area contributed by atoms with Gasteiger partial charge in [-0.05, 0) is 24.6 Å². The Balaban J connectivity index is 2.47. The summed E-state index contributed by atoms with van der Waals surface area (Å²) in [6.45, 7) is 13.1. The first-order valence-electron chi connectivity index (χ1n) is 7.66. The summed E-state index contributed by atoms with van der Waals surface area (Å²) < 4.78 is 11.3. The summed E-state index contributed by atoms with van der Waals surface area (Å²) in [5.74, 6) is 0.0870. The molecule has 0 bridgehead atoms. The van der Waals surface area contributed by atoms with E-state index in [1.807, 2.05) is 0 Å². The summed E-state index contributed by atoms with van der Waals surface area (Å²) in [6, 6.07) is 0. The number of amides is 1. The van der Waals surface area contributed by atoms with Crippen LogP contribution in [0.5, 0.6) is 0 Å². The van der Waals surface area contributed by atoms with Crippen molar-refractivity contribution in [3.63, 3.8) is 0 Å². The first-order chi connectivity index (χ1) is 9.67. The van der Waals surface area contributed by atoms with Gasteiger partial charge in [0.25, 0.3) is 0 Å². The monoisotopic (exact) mass is 315 g/mol. The molecule has 1 amide bonds. The van der Waals surface area contributed by atoms with E-state index in [0.717, 1.165) is 6.29 Å². The van der Waals surface area contributed by atoms with E-state index in [2.05, 4.69) is 33.9 Å². The summed E-state index contributed by atoms with van der Waals surface area (Å²) in [5, 5.41) is 0.0580. The molecule has 21 heavy (non-hydrogen) atoms. The molecule has 1 aliphatic heterocycles. The van der Waals surface area contributed by atoms with Crippen LogP contribution in [-0.4, -0.2) is 57.8 Å². The van der Waals surface area contributed by atoms with Crippen LogP contribution in [0.15, 0.2) is 0 Å². The number of nitrogens with zero attached hydrogens (tertiary/aromatic N) is 1. The number of morpholine rings is 1. The Kier molecular flexibility index (Phi) is 6.56. The van der Waals surface area contributed by atoms with Gasteiger partial charge in [0.1, 0.15) is 12.4 Å². The van der Waals surface area contributed by atoms with Crippen LogP contribution in [0.25, 0.3) is 0 Å². The van der Waals surface area contributed by atoms with E-state index in [1.165, 1.54) is 0 Å². The largest absolute Gasteiger partial charge is 0.407 e. The molecule has 122 valence electrons. The van der Waals surface area contributed by atoms with Crippen LogP contribution in [0.3, 0.4) is 0 Å². The van der Waals surface area contributed by atoms with Gasteiger partial charge in [0.2, 0.25) is 5.91 Å². The van der Waals surface area contributed by atoms with Crippen molar-refractivity contribution in [1.29, 1.82) is 0 Å². The zero-order chi connectivity index (χ0) is 16.1. The van der Waals surface area contributed by atoms with Gasteiger partial charge in [-0.1, -0.05) is 20.8 Å². The summed E-state index contributed by atoms with van der Waals surface area (Å²) in [7, 11) is -1.98. The van der Waals surface area contributed by atoms with Crippen LogP contribution < -0.4 is 0 Å². The molecule has 1 fully saturated rings. The van der Waals surface area contributed by atoms with Crippen LogP contribution in [0, 0.1) is 0 Å². The first-order valence-corrected chi connectivity index (χ1v) is 10.6. The SMILES string of the molecule is CC(C)(C)[Si](C)(C)O[C@H](C=O)CCC(=O)N1CCOCC1. The van der Waals surface area contributed by atoms with Crippen LogP contribution in [-0.2, 0) is 18.8 Å². The number of hydrogen-bond acceptors (Lipinski definition) is 4. The van der Waals surface area contributed by atoms with Crippen molar-refractivity contribution in [1.82, 2.24) is 4.90 Å². The summed E-state index contributed by atoms with van der Waals surface area (Å²) in [4.78, 5) is 25.1. The Morgan fingerprint density at radius 2 is 1.90 bits per heavy atom. The zero-order valence-electron chi connectivity index (χ0n) is 14.0. The minimum atomic E-state index is -1.98. The quantitative estimate of drug-likeness (QED) is 0.557. The second-order valence-electron chi connectivity index (χ2n) is 7.08. The molecule has 1 heterocycles. The van der Waals surface area contributed by atoms with Crippen molar-refractivity contribution in [2.75, 3.05) is 26.3 Å². The Morgan fingerprint density at radius 3 is 2.38 bits per heavy atom. The summed E-state index contributed by atoms with van der Waals surface area (Å²) in [5.41, 5.74) is 0. The molecule has 1 atom stereocenters. The van der Waals surface area contributed by atoms with E-state index >= 15 is 0 Å². The van der Waals surface area contributed by atoms with Gasteiger partial charge in [-0.2, -0.15) is 0 Å². The molecule has 0 unspecified atom stereocenters. The maximum absolute atomic E-state index is 12.1. The molecule has 0 aromatic carbocycles. The fourth-order valence-electron chi connectivity index (χ4n) is 1.95. The fourth-order valence-corrected chi connectivity index (χ4v) is 3.23. The molecule has 0 aromatic rings. The molecular formula is C15H29NO4Si. The van der Waals surface area contributed by atoms with Crippen molar-refractivity contribution in [3.8, 4) is 0 Å². The van der Waals surface area contributed by atoms with Gasteiger partial charge in [-0.3, -0.25) is 4.79 Å². The number of carbonyl (C=O) groups excluding carboxylic acids is 2. The molecule has 1 aliphatic rings. The van der Waals surface area contributed by atoms with Crippen LogP contribution in [0.4, 0.5) is 0 Å². The van der Waals surface area contributed by atoms with Gasteiger partial charge >= 0.3 is 0 Å². The average molecular weight is 315 g/mol. The van der Waals surface area contributed by atoms with Gasteiger partial charge in [-0.15, -0.1) is 0 Å². The molecule has 1 rings (SSSR count). The Bertz CT molecular complexity index is 359. The van der Waals surface area contributed by atoms with Gasteiger partial charge in [0.05, 0.1) is 13.2 Å². The minimum Gasteiger partial charge on any atom is -0.407 e. The molecule has 5 nitrogen and oxygen atoms in total. The van der Waals surface area contributed by atoms with E-state index in [9.17, 15) is 9.59 Å². The lowest BCUT2D eigenvalue weighted by Crippen LogP contribution is -2.45. The first kappa shape index (κ1) is 18.3. The van der Waals surface area contributed by atoms with E-state index in [-0.39, 0.29) is 10.9 Å². The molecule has 0 radical (unpaired) electrons. The van der Waals surface area contributed by atoms with E-state index < -0.39 is 14.4 Å². The van der Waals surface area contributed by atoms with Crippen molar-refractivity contribution in [3.05, 3.63) is 0 Å². The molecule has 0 spiro atoms.